The minimum absolute atomic E-state index is 0.0134. The second kappa shape index (κ2) is 4.66. The molecule has 0 atom stereocenters. The molecule has 4 nitrogen and oxygen atoms in total. The lowest BCUT2D eigenvalue weighted by Gasteiger charge is -2.17. The zero-order valence-electron chi connectivity index (χ0n) is 9.82. The first kappa shape index (κ1) is 14.0. The zero-order chi connectivity index (χ0) is 13.3. The molecule has 94 valence electrons. The molecule has 0 unspecified atom stereocenters. The molecule has 0 heterocycles. The Morgan fingerprint density at radius 2 is 1.65 bits per heavy atom. The van der Waals surface area contributed by atoms with Gasteiger partial charge in [-0.1, -0.05) is 32.4 Å². The third kappa shape index (κ3) is 3.71. The number of halogens is 1. The van der Waals surface area contributed by atoms with Gasteiger partial charge in [0.1, 0.15) is 0 Å². The molecule has 6 heteroatoms. The van der Waals surface area contributed by atoms with E-state index >= 15 is 0 Å². The van der Waals surface area contributed by atoms with Gasteiger partial charge in [-0.2, -0.15) is 0 Å². The van der Waals surface area contributed by atoms with Crippen LogP contribution in [0.2, 0.25) is 5.02 Å². The summed E-state index contributed by atoms with van der Waals surface area (Å²) in [6.07, 6.45) is 0. The lowest BCUT2D eigenvalue weighted by molar-refractivity contribution is -0.126. The number of hydrogen-bond acceptors (Lipinski definition) is 3. The molecule has 0 aliphatic heterocycles. The Balaban J connectivity index is 2.98. The molecule has 0 radical (unpaired) electrons. The van der Waals surface area contributed by atoms with Gasteiger partial charge in [0.25, 0.3) is 10.0 Å². The molecule has 0 aliphatic carbocycles. The van der Waals surface area contributed by atoms with Crippen molar-refractivity contribution in [3.8, 4) is 0 Å². The quantitative estimate of drug-likeness (QED) is 0.900. The molecular formula is C11H14ClNO3S. The summed E-state index contributed by atoms with van der Waals surface area (Å²) in [6, 6.07) is 5.61. The minimum atomic E-state index is -3.82. The van der Waals surface area contributed by atoms with E-state index in [1.54, 1.807) is 20.8 Å². The number of nitrogens with one attached hydrogen (secondary N) is 1. The van der Waals surface area contributed by atoms with Crippen LogP contribution >= 0.6 is 11.6 Å². The minimum Gasteiger partial charge on any atom is -0.273 e. The van der Waals surface area contributed by atoms with Crippen molar-refractivity contribution in [1.29, 1.82) is 0 Å². The summed E-state index contributed by atoms with van der Waals surface area (Å²) in [5.74, 6) is -0.549. The van der Waals surface area contributed by atoms with Crippen molar-refractivity contribution in [2.75, 3.05) is 0 Å². The first-order valence-corrected chi connectivity index (χ1v) is 6.82. The Morgan fingerprint density at radius 1 is 1.18 bits per heavy atom. The van der Waals surface area contributed by atoms with E-state index in [-0.39, 0.29) is 4.90 Å². The summed E-state index contributed by atoms with van der Waals surface area (Å²) in [6.45, 7) is 4.92. The summed E-state index contributed by atoms with van der Waals surface area (Å²) < 4.78 is 25.7. The highest BCUT2D eigenvalue weighted by molar-refractivity contribution is 7.90. The van der Waals surface area contributed by atoms with Crippen molar-refractivity contribution in [2.24, 2.45) is 5.41 Å². The average Bonchev–Trinajstić information content (AvgIpc) is 2.16. The fourth-order valence-electron chi connectivity index (χ4n) is 0.948. The van der Waals surface area contributed by atoms with Gasteiger partial charge in [-0.05, 0) is 24.3 Å². The second-order valence-corrected chi connectivity index (χ2v) is 6.76. The highest BCUT2D eigenvalue weighted by Gasteiger charge is 2.26. The smallest absolute Gasteiger partial charge is 0.264 e. The maximum absolute atomic E-state index is 11.8. The average molecular weight is 276 g/mol. The third-order valence-corrected chi connectivity index (χ3v) is 3.63. The summed E-state index contributed by atoms with van der Waals surface area (Å²) in [4.78, 5) is 11.6. The molecular weight excluding hydrogens is 262 g/mol. The Morgan fingerprint density at radius 3 is 2.06 bits per heavy atom. The molecule has 1 N–H and O–H groups in total. The van der Waals surface area contributed by atoms with E-state index in [1.807, 2.05) is 4.72 Å². The summed E-state index contributed by atoms with van der Waals surface area (Å²) >= 11 is 5.66. The predicted octanol–water partition coefficient (Wildman–Crippen LogP) is 2.19. The van der Waals surface area contributed by atoms with Crippen molar-refractivity contribution in [2.45, 2.75) is 25.7 Å². The fraction of sp³-hybridized carbons (Fsp3) is 0.364. The van der Waals surface area contributed by atoms with Crippen molar-refractivity contribution in [3.63, 3.8) is 0 Å². The van der Waals surface area contributed by atoms with Crippen LogP contribution in [0.15, 0.2) is 29.2 Å². The van der Waals surface area contributed by atoms with E-state index < -0.39 is 21.3 Å². The number of amides is 1. The van der Waals surface area contributed by atoms with Crippen LogP contribution in [0.3, 0.4) is 0 Å². The molecule has 0 saturated carbocycles. The van der Waals surface area contributed by atoms with Gasteiger partial charge in [0.15, 0.2) is 0 Å². The van der Waals surface area contributed by atoms with E-state index in [9.17, 15) is 13.2 Å². The van der Waals surface area contributed by atoms with E-state index in [0.29, 0.717) is 5.02 Å². The maximum Gasteiger partial charge on any atom is 0.264 e. The topological polar surface area (TPSA) is 63.2 Å². The molecule has 1 amide bonds. The summed E-state index contributed by atoms with van der Waals surface area (Å²) in [5.41, 5.74) is -0.764. The molecule has 0 fully saturated rings. The third-order valence-electron chi connectivity index (χ3n) is 2.03. The number of hydrogen-bond donors (Lipinski definition) is 1. The number of benzene rings is 1. The van der Waals surface area contributed by atoms with E-state index in [2.05, 4.69) is 0 Å². The first-order chi connectivity index (χ1) is 7.63. The van der Waals surface area contributed by atoms with E-state index in [1.165, 1.54) is 24.3 Å². The normalized spacial score (nSPS) is 12.2. The molecule has 0 aromatic heterocycles. The molecule has 1 aromatic rings. The molecule has 0 aliphatic rings. The van der Waals surface area contributed by atoms with Gasteiger partial charge in [-0.15, -0.1) is 0 Å². The van der Waals surface area contributed by atoms with Crippen LogP contribution in [-0.4, -0.2) is 14.3 Å². The van der Waals surface area contributed by atoms with Crippen molar-refractivity contribution in [3.05, 3.63) is 29.3 Å². The molecule has 1 rings (SSSR count). The van der Waals surface area contributed by atoms with Gasteiger partial charge in [0.05, 0.1) is 4.90 Å². The maximum atomic E-state index is 11.8. The fourth-order valence-corrected chi connectivity index (χ4v) is 2.24. The van der Waals surface area contributed by atoms with Crippen LogP contribution in [0.4, 0.5) is 0 Å². The second-order valence-electron chi connectivity index (χ2n) is 4.64. The lowest BCUT2D eigenvalue weighted by atomic mass is 9.96. The highest BCUT2D eigenvalue weighted by atomic mass is 35.5. The van der Waals surface area contributed by atoms with Crippen LogP contribution in [0.5, 0.6) is 0 Å². The monoisotopic (exact) mass is 275 g/mol. The standard InChI is InChI=1S/C11H14ClNO3S/c1-11(2,3)10(14)13-17(15,16)9-6-4-8(12)5-7-9/h4-7H,1-3H3,(H,13,14). The Kier molecular flexibility index (Phi) is 3.84. The van der Waals surface area contributed by atoms with E-state index in [0.717, 1.165) is 0 Å². The van der Waals surface area contributed by atoms with Gasteiger partial charge in [0.2, 0.25) is 5.91 Å². The Labute approximate surface area is 106 Å². The van der Waals surface area contributed by atoms with Crippen LogP contribution < -0.4 is 4.72 Å². The Hall–Kier alpha value is -1.07. The highest BCUT2D eigenvalue weighted by Crippen LogP contribution is 2.17. The van der Waals surface area contributed by atoms with Gasteiger partial charge in [-0.25, -0.2) is 13.1 Å². The van der Waals surface area contributed by atoms with Crippen molar-refractivity contribution in [1.82, 2.24) is 4.72 Å². The van der Waals surface area contributed by atoms with Gasteiger partial charge in [0, 0.05) is 10.4 Å². The van der Waals surface area contributed by atoms with E-state index in [4.69, 9.17) is 11.6 Å². The van der Waals surface area contributed by atoms with Crippen LogP contribution in [-0.2, 0) is 14.8 Å². The van der Waals surface area contributed by atoms with Gasteiger partial charge >= 0.3 is 0 Å². The predicted molar refractivity (Wildman–Crippen MR) is 66.2 cm³/mol. The lowest BCUT2D eigenvalue weighted by Crippen LogP contribution is -2.38. The number of rotatable bonds is 2. The molecule has 0 bridgehead atoms. The molecule has 0 spiro atoms. The summed E-state index contributed by atoms with van der Waals surface area (Å²) in [5, 5.41) is 0.436. The summed E-state index contributed by atoms with van der Waals surface area (Å²) in [7, 11) is -3.82. The number of carbonyl (C=O) groups is 1. The van der Waals surface area contributed by atoms with Gasteiger partial charge < -0.3 is 0 Å². The van der Waals surface area contributed by atoms with Crippen LogP contribution in [0.1, 0.15) is 20.8 Å². The largest absolute Gasteiger partial charge is 0.273 e. The molecule has 1 aromatic carbocycles. The Bertz CT molecular complexity index is 515. The van der Waals surface area contributed by atoms with Crippen molar-refractivity contribution >= 4 is 27.5 Å². The van der Waals surface area contributed by atoms with Crippen LogP contribution in [0.25, 0.3) is 0 Å². The molecule has 0 saturated heterocycles. The van der Waals surface area contributed by atoms with Crippen molar-refractivity contribution < 1.29 is 13.2 Å². The zero-order valence-corrected chi connectivity index (χ0v) is 11.4. The number of sulfonamides is 1. The first-order valence-electron chi connectivity index (χ1n) is 4.96. The van der Waals surface area contributed by atoms with Gasteiger partial charge in [-0.3, -0.25) is 4.79 Å². The van der Waals surface area contributed by atoms with Crippen LogP contribution in [0, 0.1) is 5.41 Å². The number of carbonyl (C=O) groups excluding carboxylic acids is 1. The SMILES string of the molecule is CC(C)(C)C(=O)NS(=O)(=O)c1ccc(Cl)cc1. The molecule has 17 heavy (non-hydrogen) atoms.